The number of hydrogen-bond acceptors (Lipinski definition) is 4. The number of carbonyl (C=O) groups is 2. The van der Waals surface area contributed by atoms with Gasteiger partial charge in [-0.15, -0.1) is 11.3 Å². The summed E-state index contributed by atoms with van der Waals surface area (Å²) in [5, 5.41) is 9.27. The molecule has 1 fully saturated rings. The number of amides is 2. The lowest BCUT2D eigenvalue weighted by molar-refractivity contribution is -0.122. The molecule has 1 aliphatic heterocycles. The van der Waals surface area contributed by atoms with E-state index in [4.69, 9.17) is 0 Å². The number of rotatable bonds is 5. The number of anilines is 2. The molecule has 0 aliphatic carbocycles. The molecule has 2 aromatic heterocycles. The maximum absolute atomic E-state index is 12.8. The number of aromatic nitrogens is 2. The molecule has 1 N–H and O–H groups in total. The van der Waals surface area contributed by atoms with Gasteiger partial charge in [-0.2, -0.15) is 5.10 Å². The second kappa shape index (κ2) is 7.59. The predicted molar refractivity (Wildman–Crippen MR) is 111 cm³/mol. The highest BCUT2D eigenvalue weighted by Gasteiger charge is 2.36. The Morgan fingerprint density at radius 1 is 1.25 bits per heavy atom. The average molecular weight is 395 g/mol. The molecule has 2 amide bonds. The van der Waals surface area contributed by atoms with Crippen molar-refractivity contribution in [2.75, 3.05) is 16.8 Å². The van der Waals surface area contributed by atoms with E-state index < -0.39 is 0 Å². The third-order valence-corrected chi connectivity index (χ3v) is 6.08. The Labute approximate surface area is 167 Å². The Kier molecular flexibility index (Phi) is 5.00. The molecule has 28 heavy (non-hydrogen) atoms. The van der Waals surface area contributed by atoms with E-state index in [2.05, 4.69) is 10.4 Å². The molecule has 7 heteroatoms. The number of benzene rings is 1. The van der Waals surface area contributed by atoms with Gasteiger partial charge in [0.1, 0.15) is 5.82 Å². The molecule has 1 aromatic carbocycles. The van der Waals surface area contributed by atoms with Crippen LogP contribution in [-0.4, -0.2) is 28.1 Å². The van der Waals surface area contributed by atoms with Crippen molar-refractivity contribution in [3.8, 4) is 0 Å². The number of nitrogens with zero attached hydrogens (tertiary/aromatic N) is 3. The quantitative estimate of drug-likeness (QED) is 0.719. The third kappa shape index (κ3) is 3.57. The summed E-state index contributed by atoms with van der Waals surface area (Å²) >= 11 is 1.65. The maximum Gasteiger partial charge on any atom is 0.230 e. The van der Waals surface area contributed by atoms with Crippen LogP contribution < -0.4 is 10.2 Å². The van der Waals surface area contributed by atoms with Crippen LogP contribution in [0.25, 0.3) is 0 Å². The Morgan fingerprint density at radius 3 is 2.89 bits per heavy atom. The highest BCUT2D eigenvalue weighted by Crippen LogP contribution is 2.30. The fraction of sp³-hybridized carbons (Fsp3) is 0.286. The molecule has 0 spiro atoms. The van der Waals surface area contributed by atoms with Crippen molar-refractivity contribution in [2.45, 2.75) is 26.8 Å². The van der Waals surface area contributed by atoms with Gasteiger partial charge in [0.25, 0.3) is 0 Å². The summed E-state index contributed by atoms with van der Waals surface area (Å²) in [5.74, 6) is 0.114. The lowest BCUT2D eigenvalue weighted by atomic mass is 10.1. The summed E-state index contributed by atoms with van der Waals surface area (Å²) in [6, 6.07) is 11.7. The molecule has 1 saturated heterocycles. The lowest BCUT2D eigenvalue weighted by Gasteiger charge is -2.20. The first-order valence-corrected chi connectivity index (χ1v) is 10.1. The van der Waals surface area contributed by atoms with E-state index in [1.54, 1.807) is 33.2 Å². The van der Waals surface area contributed by atoms with E-state index in [1.165, 1.54) is 0 Å². The van der Waals surface area contributed by atoms with Gasteiger partial charge in [-0.05, 0) is 42.5 Å². The maximum atomic E-state index is 12.8. The second-order valence-corrected chi connectivity index (χ2v) is 8.10. The van der Waals surface area contributed by atoms with Crippen LogP contribution in [0.3, 0.4) is 0 Å². The Morgan fingerprint density at radius 2 is 2.11 bits per heavy atom. The average Bonchev–Trinajstić information content (AvgIpc) is 3.41. The van der Waals surface area contributed by atoms with Gasteiger partial charge < -0.3 is 10.2 Å². The minimum absolute atomic E-state index is 0.0130. The van der Waals surface area contributed by atoms with Crippen LogP contribution in [0.4, 0.5) is 11.5 Å². The zero-order valence-corrected chi connectivity index (χ0v) is 16.7. The Balaban J connectivity index is 1.46. The van der Waals surface area contributed by atoms with E-state index in [1.807, 2.05) is 49.6 Å². The molecule has 0 unspecified atom stereocenters. The normalized spacial score (nSPS) is 16.6. The SMILES string of the molecule is Cc1cccc(N2C[C@@H](C(=O)Nc3ccnn3Cc3cccs3)CC2=O)c1C. The van der Waals surface area contributed by atoms with E-state index in [0.29, 0.717) is 18.9 Å². The zero-order chi connectivity index (χ0) is 19.7. The van der Waals surface area contributed by atoms with Crippen molar-refractivity contribution in [1.29, 1.82) is 0 Å². The molecule has 0 saturated carbocycles. The van der Waals surface area contributed by atoms with Gasteiger partial charge in [0.05, 0.1) is 18.7 Å². The number of hydrogen-bond donors (Lipinski definition) is 1. The van der Waals surface area contributed by atoms with Crippen molar-refractivity contribution in [1.82, 2.24) is 9.78 Å². The van der Waals surface area contributed by atoms with Crippen LogP contribution >= 0.6 is 11.3 Å². The number of aryl methyl sites for hydroxylation is 1. The van der Waals surface area contributed by atoms with Crippen molar-refractivity contribution in [2.24, 2.45) is 5.92 Å². The highest BCUT2D eigenvalue weighted by atomic mass is 32.1. The summed E-state index contributed by atoms with van der Waals surface area (Å²) < 4.78 is 1.77. The van der Waals surface area contributed by atoms with E-state index in [0.717, 1.165) is 21.7 Å². The predicted octanol–water partition coefficient (Wildman–Crippen LogP) is 3.60. The van der Waals surface area contributed by atoms with Crippen molar-refractivity contribution < 1.29 is 9.59 Å². The summed E-state index contributed by atoms with van der Waals surface area (Å²) in [5.41, 5.74) is 3.10. The number of carbonyl (C=O) groups excluding carboxylic acids is 2. The first kappa shape index (κ1) is 18.4. The topological polar surface area (TPSA) is 67.2 Å². The summed E-state index contributed by atoms with van der Waals surface area (Å²) in [6.07, 6.45) is 1.89. The van der Waals surface area contributed by atoms with Crippen molar-refractivity contribution in [3.05, 3.63) is 64.0 Å². The fourth-order valence-electron chi connectivity index (χ4n) is 3.49. The smallest absolute Gasteiger partial charge is 0.230 e. The van der Waals surface area contributed by atoms with Crippen LogP contribution in [0.2, 0.25) is 0 Å². The first-order chi connectivity index (χ1) is 13.5. The van der Waals surface area contributed by atoms with E-state index in [9.17, 15) is 9.59 Å². The molecular weight excluding hydrogens is 372 g/mol. The number of thiophene rings is 1. The lowest BCUT2D eigenvalue weighted by Crippen LogP contribution is -2.29. The van der Waals surface area contributed by atoms with Gasteiger partial charge in [0.15, 0.2) is 0 Å². The Bertz CT molecular complexity index is 1010. The van der Waals surface area contributed by atoms with E-state index >= 15 is 0 Å². The van der Waals surface area contributed by atoms with Crippen LogP contribution in [0.1, 0.15) is 22.4 Å². The molecule has 0 bridgehead atoms. The summed E-state index contributed by atoms with van der Waals surface area (Å²) in [4.78, 5) is 28.3. The molecule has 1 atom stereocenters. The van der Waals surface area contributed by atoms with E-state index in [-0.39, 0.29) is 24.2 Å². The molecule has 1 aliphatic rings. The van der Waals surface area contributed by atoms with Crippen LogP contribution in [0, 0.1) is 19.8 Å². The minimum atomic E-state index is -0.377. The van der Waals surface area contributed by atoms with Crippen LogP contribution in [0.15, 0.2) is 48.0 Å². The van der Waals surface area contributed by atoms with Gasteiger partial charge in [0.2, 0.25) is 11.8 Å². The standard InChI is InChI=1S/C21H22N4O2S/c1-14-5-3-7-18(15(14)2)24-12-16(11-20(24)26)21(27)23-19-8-9-22-25(19)13-17-6-4-10-28-17/h3-10,16H,11-13H2,1-2H3,(H,23,27)/t16-/m0/s1. The molecule has 3 heterocycles. The van der Waals surface area contributed by atoms with Crippen LogP contribution in [0.5, 0.6) is 0 Å². The largest absolute Gasteiger partial charge is 0.311 e. The monoisotopic (exact) mass is 394 g/mol. The molecule has 3 aromatic rings. The Hall–Kier alpha value is -2.93. The van der Waals surface area contributed by atoms with Gasteiger partial charge >= 0.3 is 0 Å². The summed E-state index contributed by atoms with van der Waals surface area (Å²) in [6.45, 7) is 5.04. The molecule has 6 nitrogen and oxygen atoms in total. The van der Waals surface area contributed by atoms with Crippen molar-refractivity contribution in [3.63, 3.8) is 0 Å². The number of nitrogens with one attached hydrogen (secondary N) is 1. The first-order valence-electron chi connectivity index (χ1n) is 9.24. The fourth-order valence-corrected chi connectivity index (χ4v) is 4.17. The van der Waals surface area contributed by atoms with Crippen LogP contribution in [-0.2, 0) is 16.1 Å². The van der Waals surface area contributed by atoms with Gasteiger partial charge in [-0.25, -0.2) is 4.68 Å². The van der Waals surface area contributed by atoms with Crippen molar-refractivity contribution >= 4 is 34.7 Å². The molecule has 4 rings (SSSR count). The molecule has 0 radical (unpaired) electrons. The van der Waals surface area contributed by atoms with Gasteiger partial charge in [-0.1, -0.05) is 18.2 Å². The van der Waals surface area contributed by atoms with Gasteiger partial charge in [-0.3, -0.25) is 9.59 Å². The molecule has 144 valence electrons. The van der Waals surface area contributed by atoms with Gasteiger partial charge in [0, 0.05) is 29.6 Å². The highest BCUT2D eigenvalue weighted by molar-refractivity contribution is 7.09. The molecular formula is C21H22N4O2S. The second-order valence-electron chi connectivity index (χ2n) is 7.07. The zero-order valence-electron chi connectivity index (χ0n) is 15.9. The summed E-state index contributed by atoms with van der Waals surface area (Å²) in [7, 11) is 0. The third-order valence-electron chi connectivity index (χ3n) is 5.22. The minimum Gasteiger partial charge on any atom is -0.311 e.